The maximum atomic E-state index is 12.4. The molecular weight excluding hydrogens is 308 g/mol. The molecule has 0 radical (unpaired) electrons. The van der Waals surface area contributed by atoms with E-state index in [0.29, 0.717) is 40.3 Å². The van der Waals surface area contributed by atoms with Crippen molar-refractivity contribution >= 4 is 21.7 Å². The molecule has 0 unspecified atom stereocenters. The normalized spacial score (nSPS) is 13.1. The van der Waals surface area contributed by atoms with Crippen molar-refractivity contribution in [3.63, 3.8) is 0 Å². The van der Waals surface area contributed by atoms with Crippen molar-refractivity contribution in [1.82, 2.24) is 0 Å². The molecule has 0 amide bonds. The van der Waals surface area contributed by atoms with E-state index in [4.69, 9.17) is 9.47 Å². The topological polar surface area (TPSA) is 35.5 Å². The minimum atomic E-state index is -0.0375. The third-order valence-electron chi connectivity index (χ3n) is 2.93. The van der Waals surface area contributed by atoms with Gasteiger partial charge in [0.1, 0.15) is 13.2 Å². The molecule has 4 heteroatoms. The first kappa shape index (κ1) is 12.2. The minimum Gasteiger partial charge on any atom is -0.486 e. The van der Waals surface area contributed by atoms with E-state index < -0.39 is 0 Å². The van der Waals surface area contributed by atoms with Crippen LogP contribution in [0.3, 0.4) is 0 Å². The van der Waals surface area contributed by atoms with Crippen molar-refractivity contribution in [2.45, 2.75) is 0 Å². The Morgan fingerprint density at radius 1 is 1.00 bits per heavy atom. The van der Waals surface area contributed by atoms with Crippen LogP contribution in [-0.4, -0.2) is 19.0 Å². The fourth-order valence-electron chi connectivity index (χ4n) is 2.00. The Morgan fingerprint density at radius 3 is 2.53 bits per heavy atom. The molecule has 0 saturated carbocycles. The van der Waals surface area contributed by atoms with E-state index in [1.54, 1.807) is 24.3 Å². The van der Waals surface area contributed by atoms with Crippen LogP contribution in [0.1, 0.15) is 15.9 Å². The fourth-order valence-corrected chi connectivity index (χ4v) is 2.62. The summed E-state index contributed by atoms with van der Waals surface area (Å²) in [6, 6.07) is 12.7. The SMILES string of the molecule is O=C(c1ccccc1)c1ccc2c(c1Br)OCCO2. The third-order valence-corrected chi connectivity index (χ3v) is 3.72. The van der Waals surface area contributed by atoms with E-state index in [0.717, 1.165) is 0 Å². The number of hydrogen-bond donors (Lipinski definition) is 0. The van der Waals surface area contributed by atoms with Crippen LogP contribution in [0.25, 0.3) is 0 Å². The van der Waals surface area contributed by atoms with Gasteiger partial charge >= 0.3 is 0 Å². The van der Waals surface area contributed by atoms with Crippen LogP contribution in [0.5, 0.6) is 11.5 Å². The second-order valence-electron chi connectivity index (χ2n) is 4.15. The van der Waals surface area contributed by atoms with Crippen molar-refractivity contribution in [2.24, 2.45) is 0 Å². The Labute approximate surface area is 119 Å². The summed E-state index contributed by atoms with van der Waals surface area (Å²) < 4.78 is 11.7. The predicted octanol–water partition coefficient (Wildman–Crippen LogP) is 3.45. The number of carbonyl (C=O) groups is 1. The van der Waals surface area contributed by atoms with Crippen molar-refractivity contribution in [3.8, 4) is 11.5 Å². The van der Waals surface area contributed by atoms with Gasteiger partial charge < -0.3 is 9.47 Å². The van der Waals surface area contributed by atoms with Crippen LogP contribution in [0.4, 0.5) is 0 Å². The van der Waals surface area contributed by atoms with Gasteiger partial charge in [0.2, 0.25) is 0 Å². The number of halogens is 1. The first-order chi connectivity index (χ1) is 9.27. The molecule has 0 aliphatic carbocycles. The zero-order valence-electron chi connectivity index (χ0n) is 10.1. The fraction of sp³-hybridized carbons (Fsp3) is 0.133. The van der Waals surface area contributed by atoms with Crippen LogP contribution in [-0.2, 0) is 0 Å². The Bertz CT molecular complexity index is 623. The highest BCUT2D eigenvalue weighted by Gasteiger charge is 2.21. The Hall–Kier alpha value is -1.81. The van der Waals surface area contributed by atoms with Crippen LogP contribution in [0, 0.1) is 0 Å². The molecule has 1 aliphatic heterocycles. The van der Waals surface area contributed by atoms with Crippen molar-refractivity contribution in [3.05, 3.63) is 58.1 Å². The third kappa shape index (κ3) is 2.24. The van der Waals surface area contributed by atoms with E-state index in [9.17, 15) is 4.79 Å². The molecule has 0 N–H and O–H groups in total. The Kier molecular flexibility index (Phi) is 3.25. The van der Waals surface area contributed by atoms with E-state index in [-0.39, 0.29) is 5.78 Å². The number of fused-ring (bicyclic) bond motifs is 1. The van der Waals surface area contributed by atoms with Gasteiger partial charge in [-0.25, -0.2) is 0 Å². The number of benzene rings is 2. The number of hydrogen-bond acceptors (Lipinski definition) is 3. The molecule has 0 saturated heterocycles. The minimum absolute atomic E-state index is 0.0375. The predicted molar refractivity (Wildman–Crippen MR) is 75.0 cm³/mol. The van der Waals surface area contributed by atoms with Crippen LogP contribution in [0.2, 0.25) is 0 Å². The highest BCUT2D eigenvalue weighted by atomic mass is 79.9. The summed E-state index contributed by atoms with van der Waals surface area (Å²) in [4.78, 5) is 12.4. The molecule has 0 bridgehead atoms. The molecule has 3 nitrogen and oxygen atoms in total. The highest BCUT2D eigenvalue weighted by molar-refractivity contribution is 9.10. The molecule has 1 aliphatic rings. The number of ketones is 1. The van der Waals surface area contributed by atoms with Crippen LogP contribution >= 0.6 is 15.9 Å². The summed E-state index contributed by atoms with van der Waals surface area (Å²) in [6.45, 7) is 1.03. The summed E-state index contributed by atoms with van der Waals surface area (Å²) in [6.07, 6.45) is 0. The molecule has 3 rings (SSSR count). The molecule has 2 aromatic rings. The lowest BCUT2D eigenvalue weighted by molar-refractivity contribution is 0.103. The lowest BCUT2D eigenvalue weighted by Gasteiger charge is -2.20. The van der Waals surface area contributed by atoms with Gasteiger partial charge in [0.15, 0.2) is 17.3 Å². The molecule has 0 aromatic heterocycles. The van der Waals surface area contributed by atoms with Crippen molar-refractivity contribution < 1.29 is 14.3 Å². The standard InChI is InChI=1S/C15H11BrO3/c16-13-11(14(17)10-4-2-1-3-5-10)6-7-12-15(13)19-9-8-18-12/h1-7H,8-9H2. The molecule has 0 spiro atoms. The number of carbonyl (C=O) groups excluding carboxylic acids is 1. The molecule has 0 fully saturated rings. The zero-order chi connectivity index (χ0) is 13.2. The largest absolute Gasteiger partial charge is 0.486 e. The monoisotopic (exact) mass is 318 g/mol. The van der Waals surface area contributed by atoms with Crippen LogP contribution in [0.15, 0.2) is 46.9 Å². The summed E-state index contributed by atoms with van der Waals surface area (Å²) in [5.74, 6) is 1.24. The Balaban J connectivity index is 2.04. The van der Waals surface area contributed by atoms with E-state index in [1.807, 2.05) is 18.2 Å². The molecule has 2 aromatic carbocycles. The lowest BCUT2D eigenvalue weighted by Crippen LogP contribution is -2.16. The average molecular weight is 319 g/mol. The maximum absolute atomic E-state index is 12.4. The van der Waals surface area contributed by atoms with Gasteiger partial charge in [-0.05, 0) is 28.1 Å². The van der Waals surface area contributed by atoms with E-state index >= 15 is 0 Å². The summed E-state index contributed by atoms with van der Waals surface area (Å²) in [5, 5.41) is 0. The van der Waals surface area contributed by atoms with Gasteiger partial charge in [0, 0.05) is 11.1 Å². The van der Waals surface area contributed by atoms with E-state index in [1.165, 1.54) is 0 Å². The number of ether oxygens (including phenoxy) is 2. The quantitative estimate of drug-likeness (QED) is 0.796. The lowest BCUT2D eigenvalue weighted by atomic mass is 10.0. The van der Waals surface area contributed by atoms with Gasteiger partial charge in [-0.2, -0.15) is 0 Å². The van der Waals surface area contributed by atoms with E-state index in [2.05, 4.69) is 15.9 Å². The van der Waals surface area contributed by atoms with Crippen molar-refractivity contribution in [2.75, 3.05) is 13.2 Å². The highest BCUT2D eigenvalue weighted by Crippen LogP contribution is 2.40. The van der Waals surface area contributed by atoms with Gasteiger partial charge in [-0.1, -0.05) is 30.3 Å². The molecule has 96 valence electrons. The first-order valence-electron chi connectivity index (χ1n) is 5.95. The van der Waals surface area contributed by atoms with Crippen LogP contribution < -0.4 is 9.47 Å². The summed E-state index contributed by atoms with van der Waals surface area (Å²) >= 11 is 3.44. The van der Waals surface area contributed by atoms with Gasteiger partial charge in [0.05, 0.1) is 4.47 Å². The first-order valence-corrected chi connectivity index (χ1v) is 6.74. The second-order valence-corrected chi connectivity index (χ2v) is 4.94. The summed E-state index contributed by atoms with van der Waals surface area (Å²) in [5.41, 5.74) is 1.23. The molecule has 19 heavy (non-hydrogen) atoms. The number of rotatable bonds is 2. The van der Waals surface area contributed by atoms with Gasteiger partial charge in [-0.3, -0.25) is 4.79 Å². The maximum Gasteiger partial charge on any atom is 0.194 e. The van der Waals surface area contributed by atoms with Gasteiger partial charge in [-0.15, -0.1) is 0 Å². The second kappa shape index (κ2) is 5.05. The zero-order valence-corrected chi connectivity index (χ0v) is 11.6. The molecule has 1 heterocycles. The molecule has 0 atom stereocenters. The Morgan fingerprint density at radius 2 is 1.74 bits per heavy atom. The van der Waals surface area contributed by atoms with Crippen molar-refractivity contribution in [1.29, 1.82) is 0 Å². The molecular formula is C15H11BrO3. The average Bonchev–Trinajstić information content (AvgIpc) is 2.48. The summed E-state index contributed by atoms with van der Waals surface area (Å²) in [7, 11) is 0. The smallest absolute Gasteiger partial charge is 0.194 e. The van der Waals surface area contributed by atoms with Gasteiger partial charge in [0.25, 0.3) is 0 Å².